The molecule has 1 aromatic carbocycles. The van der Waals surface area contributed by atoms with Crippen LogP contribution in [0.1, 0.15) is 36.5 Å². The molecule has 2 aliphatic rings. The van der Waals surface area contributed by atoms with Gasteiger partial charge in [-0.3, -0.25) is 9.59 Å². The lowest BCUT2D eigenvalue weighted by atomic mass is 9.93. The number of fused-ring (bicyclic) bond motifs is 1. The molecule has 2 aliphatic heterocycles. The molecule has 184 valence electrons. The highest BCUT2D eigenvalue weighted by Gasteiger charge is 2.26. The summed E-state index contributed by atoms with van der Waals surface area (Å²) in [6.45, 7) is 5.39. The summed E-state index contributed by atoms with van der Waals surface area (Å²) in [7, 11) is 0. The van der Waals surface area contributed by atoms with Gasteiger partial charge in [0.25, 0.3) is 0 Å². The molecule has 0 radical (unpaired) electrons. The minimum absolute atomic E-state index is 0.0709. The van der Waals surface area contributed by atoms with E-state index in [4.69, 9.17) is 14.7 Å². The molecule has 0 atom stereocenters. The summed E-state index contributed by atoms with van der Waals surface area (Å²) in [5.41, 5.74) is 2.78. The van der Waals surface area contributed by atoms with Crippen LogP contribution in [0.3, 0.4) is 0 Å². The number of benzene rings is 1. The number of piperidine rings is 1. The lowest BCUT2D eigenvalue weighted by Crippen LogP contribution is -2.38. The summed E-state index contributed by atoms with van der Waals surface area (Å²) >= 11 is 0. The van der Waals surface area contributed by atoms with Crippen molar-refractivity contribution in [3.05, 3.63) is 36.0 Å². The number of anilines is 1. The fraction of sp³-hybridized carbons (Fsp3) is 0.480. The first-order valence-corrected chi connectivity index (χ1v) is 12.1. The van der Waals surface area contributed by atoms with E-state index in [1.54, 1.807) is 13.1 Å². The number of aromatic nitrogens is 4. The van der Waals surface area contributed by atoms with E-state index in [9.17, 15) is 14.7 Å². The first kappa shape index (κ1) is 23.4. The van der Waals surface area contributed by atoms with Crippen LogP contribution in [0.4, 0.5) is 5.95 Å². The normalized spacial score (nSPS) is 17.2. The van der Waals surface area contributed by atoms with Crippen LogP contribution < -0.4 is 4.90 Å². The monoisotopic (exact) mass is 478 g/mol. The maximum absolute atomic E-state index is 13.3. The lowest BCUT2D eigenvalue weighted by Gasteiger charge is -2.30. The van der Waals surface area contributed by atoms with Gasteiger partial charge in [0, 0.05) is 45.1 Å². The molecule has 10 heteroatoms. The van der Waals surface area contributed by atoms with Gasteiger partial charge in [0.15, 0.2) is 5.65 Å². The quantitative estimate of drug-likeness (QED) is 0.593. The Morgan fingerprint density at radius 3 is 2.60 bits per heavy atom. The van der Waals surface area contributed by atoms with Gasteiger partial charge in [-0.25, -0.2) is 4.98 Å². The van der Waals surface area contributed by atoms with Crippen LogP contribution in [0.5, 0.6) is 0 Å². The number of carbonyl (C=O) groups is 2. The van der Waals surface area contributed by atoms with Crippen molar-refractivity contribution >= 4 is 28.8 Å². The van der Waals surface area contributed by atoms with Crippen LogP contribution in [0.25, 0.3) is 22.3 Å². The lowest BCUT2D eigenvalue weighted by molar-refractivity contribution is -0.130. The van der Waals surface area contributed by atoms with Crippen LogP contribution >= 0.6 is 0 Å². The smallest absolute Gasteiger partial charge is 0.249 e. The van der Waals surface area contributed by atoms with Crippen molar-refractivity contribution in [1.82, 2.24) is 24.6 Å². The minimum Gasteiger partial charge on any atom is -0.392 e. The summed E-state index contributed by atoms with van der Waals surface area (Å²) in [4.78, 5) is 38.5. The van der Waals surface area contributed by atoms with Crippen molar-refractivity contribution in [1.29, 1.82) is 0 Å². The Balaban J connectivity index is 1.49. The first-order chi connectivity index (χ1) is 17.0. The van der Waals surface area contributed by atoms with Gasteiger partial charge in [-0.05, 0) is 30.4 Å². The Labute approximate surface area is 203 Å². The van der Waals surface area contributed by atoms with Crippen LogP contribution in [-0.4, -0.2) is 81.0 Å². The average Bonchev–Trinajstić information content (AvgIpc) is 3.33. The van der Waals surface area contributed by atoms with Crippen LogP contribution in [-0.2, 0) is 16.1 Å². The molecule has 0 unspecified atom stereocenters. The topological polar surface area (TPSA) is 114 Å². The number of morpholine rings is 1. The molecule has 2 saturated heterocycles. The molecule has 1 amide bonds. The molecule has 2 aromatic heterocycles. The van der Waals surface area contributed by atoms with Crippen molar-refractivity contribution < 1.29 is 19.4 Å². The highest BCUT2D eigenvalue weighted by molar-refractivity contribution is 5.96. The number of carbonyl (C=O) groups excluding carboxylic acids is 2. The second kappa shape index (κ2) is 10.1. The predicted molar refractivity (Wildman–Crippen MR) is 130 cm³/mol. The Kier molecular flexibility index (Phi) is 6.74. The van der Waals surface area contributed by atoms with Crippen molar-refractivity contribution in [2.45, 2.75) is 32.8 Å². The highest BCUT2D eigenvalue weighted by atomic mass is 16.5. The summed E-state index contributed by atoms with van der Waals surface area (Å²) in [5.74, 6) is 0.717. The number of aliphatic hydroxyl groups excluding tert-OH is 1. The molecule has 10 nitrogen and oxygen atoms in total. The van der Waals surface area contributed by atoms with Crippen LogP contribution in [0.15, 0.2) is 30.5 Å². The number of likely N-dealkylation sites (tertiary alicyclic amines) is 1. The van der Waals surface area contributed by atoms with Gasteiger partial charge < -0.3 is 19.6 Å². The molecule has 0 spiro atoms. The fourth-order valence-electron chi connectivity index (χ4n) is 4.81. The summed E-state index contributed by atoms with van der Waals surface area (Å²) < 4.78 is 6.89. The van der Waals surface area contributed by atoms with Gasteiger partial charge in [0.1, 0.15) is 0 Å². The molecule has 0 aliphatic carbocycles. The van der Waals surface area contributed by atoms with Gasteiger partial charge in [0.05, 0.1) is 37.1 Å². The third-order valence-corrected chi connectivity index (χ3v) is 6.85. The number of hydrogen-bond acceptors (Lipinski definition) is 8. The highest BCUT2D eigenvalue weighted by Crippen LogP contribution is 2.30. The maximum atomic E-state index is 13.3. The summed E-state index contributed by atoms with van der Waals surface area (Å²) in [6, 6.07) is 7.57. The zero-order chi connectivity index (χ0) is 24.4. The van der Waals surface area contributed by atoms with E-state index in [2.05, 4.69) is 10.00 Å². The molecular weight excluding hydrogens is 448 g/mol. The minimum atomic E-state index is -0.108. The van der Waals surface area contributed by atoms with E-state index >= 15 is 0 Å². The Hall–Kier alpha value is -3.37. The first-order valence-electron chi connectivity index (χ1n) is 12.1. The van der Waals surface area contributed by atoms with Crippen molar-refractivity contribution in [2.75, 3.05) is 44.3 Å². The van der Waals surface area contributed by atoms with E-state index in [1.807, 2.05) is 29.2 Å². The Morgan fingerprint density at radius 2 is 1.89 bits per heavy atom. The Bertz CT molecular complexity index is 1230. The van der Waals surface area contributed by atoms with E-state index in [1.165, 1.54) is 4.68 Å². The zero-order valence-electron chi connectivity index (χ0n) is 19.9. The van der Waals surface area contributed by atoms with Gasteiger partial charge in [-0.2, -0.15) is 14.8 Å². The Morgan fingerprint density at radius 1 is 1.11 bits per heavy atom. The van der Waals surface area contributed by atoms with Crippen molar-refractivity contribution in [3.63, 3.8) is 0 Å². The number of rotatable bonds is 5. The maximum Gasteiger partial charge on any atom is 0.249 e. The van der Waals surface area contributed by atoms with E-state index < -0.39 is 0 Å². The summed E-state index contributed by atoms with van der Waals surface area (Å²) in [5, 5.41) is 14.7. The standard InChI is InChI=1S/C25H30N6O4/c1-17(33)29-7-5-18(6-8-29)14-22(34)31-24-21(15-26-31)23(20-4-2-3-19(13-20)16-32)27-25(28-24)30-9-11-35-12-10-30/h2-4,13,15,18,32H,5-12,14,16H2,1H3. The second-order valence-electron chi connectivity index (χ2n) is 9.17. The number of aliphatic hydroxyl groups is 1. The molecule has 3 aromatic rings. The fourth-order valence-corrected chi connectivity index (χ4v) is 4.81. The molecule has 0 saturated carbocycles. The predicted octanol–water partition coefficient (Wildman–Crippen LogP) is 2.11. The largest absolute Gasteiger partial charge is 0.392 e. The van der Waals surface area contributed by atoms with Crippen molar-refractivity contribution in [2.24, 2.45) is 5.92 Å². The molecule has 1 N–H and O–H groups in total. The third-order valence-electron chi connectivity index (χ3n) is 6.85. The number of nitrogens with zero attached hydrogens (tertiary/aromatic N) is 6. The molecule has 4 heterocycles. The molecule has 2 fully saturated rings. The van der Waals surface area contributed by atoms with E-state index in [-0.39, 0.29) is 24.3 Å². The van der Waals surface area contributed by atoms with Crippen molar-refractivity contribution in [3.8, 4) is 11.3 Å². The molecule has 0 bridgehead atoms. The third kappa shape index (κ3) is 4.89. The zero-order valence-corrected chi connectivity index (χ0v) is 19.9. The number of ether oxygens (including phenoxy) is 1. The molecular formula is C25H30N6O4. The average molecular weight is 479 g/mol. The SMILES string of the molecule is CC(=O)N1CCC(CC(=O)n2ncc3c(-c4cccc(CO)c4)nc(N4CCOCC4)nc32)CC1. The van der Waals surface area contributed by atoms with Gasteiger partial charge in [-0.15, -0.1) is 0 Å². The molecule has 35 heavy (non-hydrogen) atoms. The van der Waals surface area contributed by atoms with Crippen LogP contribution in [0, 0.1) is 5.92 Å². The van der Waals surface area contributed by atoms with Gasteiger partial charge >= 0.3 is 0 Å². The number of amides is 1. The van der Waals surface area contributed by atoms with Crippen LogP contribution in [0.2, 0.25) is 0 Å². The van der Waals surface area contributed by atoms with Gasteiger partial charge in [-0.1, -0.05) is 18.2 Å². The summed E-state index contributed by atoms with van der Waals surface area (Å²) in [6.07, 6.45) is 3.61. The van der Waals surface area contributed by atoms with Gasteiger partial charge in [0.2, 0.25) is 17.8 Å². The molecule has 5 rings (SSSR count). The van der Waals surface area contributed by atoms with E-state index in [0.29, 0.717) is 68.5 Å². The van der Waals surface area contributed by atoms with E-state index in [0.717, 1.165) is 24.0 Å². The number of hydrogen-bond donors (Lipinski definition) is 1. The second-order valence-corrected chi connectivity index (χ2v) is 9.17.